The van der Waals surface area contributed by atoms with Crippen LogP contribution >= 0.6 is 0 Å². The molecular weight excluding hydrogens is 432 g/mol. The third-order valence-electron chi connectivity index (χ3n) is 8.12. The quantitative estimate of drug-likeness (QED) is 0.419. The summed E-state index contributed by atoms with van der Waals surface area (Å²) < 4.78 is 11.8. The summed E-state index contributed by atoms with van der Waals surface area (Å²) in [6.07, 6.45) is 11.5. The molecule has 8 nitrogen and oxygen atoms in total. The smallest absolute Gasteiger partial charge is 0.256 e. The first kappa shape index (κ1) is 24.5. The van der Waals surface area contributed by atoms with Crippen LogP contribution in [0.15, 0.2) is 22.3 Å². The molecule has 34 heavy (non-hydrogen) atoms. The topological polar surface area (TPSA) is 124 Å². The summed E-state index contributed by atoms with van der Waals surface area (Å²) in [6.45, 7) is 4.79. The Bertz CT molecular complexity index is 860. The molecule has 4 aliphatic rings. The third-order valence-corrected chi connectivity index (χ3v) is 8.12. The van der Waals surface area contributed by atoms with E-state index < -0.39 is 11.2 Å². The molecule has 2 spiro atoms. The molecule has 0 aromatic rings. The average Bonchev–Trinajstić information content (AvgIpc) is 3.19. The molecule has 2 heterocycles. The van der Waals surface area contributed by atoms with Gasteiger partial charge in [-0.3, -0.25) is 20.4 Å². The molecule has 0 unspecified atom stereocenters. The molecule has 0 aromatic carbocycles. The number of amides is 2. The van der Waals surface area contributed by atoms with E-state index in [1.807, 2.05) is 13.8 Å². The molecule has 8 heteroatoms. The molecule has 2 aliphatic carbocycles. The van der Waals surface area contributed by atoms with Crippen LogP contribution in [0.25, 0.3) is 0 Å². The second-order valence-electron chi connectivity index (χ2n) is 10.2. The second-order valence-corrected chi connectivity index (χ2v) is 10.2. The van der Waals surface area contributed by atoms with Gasteiger partial charge in [-0.15, -0.1) is 0 Å². The summed E-state index contributed by atoms with van der Waals surface area (Å²) in [5.74, 6) is -0.511. The lowest BCUT2D eigenvalue weighted by Gasteiger charge is -2.33. The summed E-state index contributed by atoms with van der Waals surface area (Å²) in [6, 6.07) is 0. The fourth-order valence-corrected chi connectivity index (χ4v) is 6.02. The third kappa shape index (κ3) is 4.51. The highest BCUT2D eigenvalue weighted by Gasteiger charge is 2.47. The van der Waals surface area contributed by atoms with E-state index in [0.29, 0.717) is 37.1 Å². The predicted octanol–water partition coefficient (Wildman–Crippen LogP) is 4.05. The first-order chi connectivity index (χ1) is 16.3. The van der Waals surface area contributed by atoms with Crippen molar-refractivity contribution in [3.63, 3.8) is 0 Å². The number of carbonyl (C=O) groups excluding carboxylic acids is 2. The summed E-state index contributed by atoms with van der Waals surface area (Å²) in [5, 5.41) is 22.2. The monoisotopic (exact) mass is 470 g/mol. The Labute approximate surface area is 201 Å². The zero-order chi connectivity index (χ0) is 24.3. The van der Waals surface area contributed by atoms with Crippen LogP contribution in [0.2, 0.25) is 0 Å². The van der Waals surface area contributed by atoms with Crippen molar-refractivity contribution >= 4 is 23.6 Å². The van der Waals surface area contributed by atoms with Crippen molar-refractivity contribution in [2.24, 2.45) is 0 Å². The first-order valence-corrected chi connectivity index (χ1v) is 12.8. The van der Waals surface area contributed by atoms with E-state index in [-0.39, 0.29) is 23.6 Å². The minimum absolute atomic E-state index is 0.00947. The molecule has 0 saturated heterocycles. The molecule has 186 valence electrons. The molecule has 4 rings (SSSR count). The van der Waals surface area contributed by atoms with Crippen molar-refractivity contribution in [1.82, 2.24) is 10.6 Å². The largest absolute Gasteiger partial charge is 0.466 e. The van der Waals surface area contributed by atoms with E-state index in [1.54, 1.807) is 0 Å². The van der Waals surface area contributed by atoms with Gasteiger partial charge in [0.05, 0.1) is 0 Å². The van der Waals surface area contributed by atoms with Gasteiger partial charge in [-0.05, 0) is 89.2 Å². The minimum atomic E-state index is -0.451. The number of hydrogen-bond acceptors (Lipinski definition) is 6. The number of nitrogens with one attached hydrogen (secondary N) is 4. The van der Waals surface area contributed by atoms with Crippen molar-refractivity contribution in [3.05, 3.63) is 22.3 Å². The zero-order valence-electron chi connectivity index (χ0n) is 20.5. The molecule has 0 bridgehead atoms. The average molecular weight is 471 g/mol. The Balaban J connectivity index is 1.22. The fraction of sp³-hybridized carbons (Fsp3) is 0.692. The van der Waals surface area contributed by atoms with Gasteiger partial charge in [0, 0.05) is 13.1 Å². The molecule has 0 atom stereocenters. The van der Waals surface area contributed by atoms with Crippen LogP contribution in [-0.4, -0.2) is 47.9 Å². The lowest BCUT2D eigenvalue weighted by Crippen LogP contribution is -2.33. The van der Waals surface area contributed by atoms with Gasteiger partial charge in [0.1, 0.15) is 22.3 Å². The van der Waals surface area contributed by atoms with Crippen molar-refractivity contribution in [1.29, 1.82) is 10.8 Å². The highest BCUT2D eigenvalue weighted by atomic mass is 16.5. The predicted molar refractivity (Wildman–Crippen MR) is 130 cm³/mol. The lowest BCUT2D eigenvalue weighted by molar-refractivity contribution is -0.118. The lowest BCUT2D eigenvalue weighted by atomic mass is 9.79. The standard InChI is InChI=1S/C26H38N4O4/c1-17-19(21(27)33-25(17)11-5-3-6-12-25)23(31)29-15-9-10-16-30-24(32)20-18(2)26(34-22(20)28)13-7-4-8-14-26/h27-28H,3-16H2,1-2H3,(H,29,31)(H,30,32). The number of rotatable bonds is 7. The zero-order valence-corrected chi connectivity index (χ0v) is 20.5. The van der Waals surface area contributed by atoms with Crippen LogP contribution in [0.4, 0.5) is 0 Å². The van der Waals surface area contributed by atoms with Gasteiger partial charge >= 0.3 is 0 Å². The van der Waals surface area contributed by atoms with Crippen LogP contribution in [-0.2, 0) is 19.1 Å². The number of hydrogen-bond donors (Lipinski definition) is 4. The van der Waals surface area contributed by atoms with Gasteiger partial charge in [0.25, 0.3) is 11.8 Å². The maximum absolute atomic E-state index is 12.7. The number of carbonyl (C=O) groups is 2. The summed E-state index contributed by atoms with van der Waals surface area (Å²) >= 11 is 0. The highest BCUT2D eigenvalue weighted by Crippen LogP contribution is 2.44. The van der Waals surface area contributed by atoms with Gasteiger partial charge in [0.15, 0.2) is 0 Å². The normalized spacial score (nSPS) is 23.4. The maximum atomic E-state index is 12.7. The molecule has 0 aromatic heterocycles. The van der Waals surface area contributed by atoms with Gasteiger partial charge in [-0.2, -0.15) is 0 Å². The van der Waals surface area contributed by atoms with E-state index in [4.69, 9.17) is 20.3 Å². The van der Waals surface area contributed by atoms with Crippen molar-refractivity contribution in [2.45, 2.75) is 102 Å². The fourth-order valence-electron chi connectivity index (χ4n) is 6.02. The van der Waals surface area contributed by atoms with E-state index in [2.05, 4.69) is 10.6 Å². The summed E-state index contributed by atoms with van der Waals surface area (Å²) in [4.78, 5) is 25.4. The van der Waals surface area contributed by atoms with E-state index in [1.165, 1.54) is 12.8 Å². The Morgan fingerprint density at radius 1 is 0.706 bits per heavy atom. The van der Waals surface area contributed by atoms with Gasteiger partial charge in [0.2, 0.25) is 11.8 Å². The Morgan fingerprint density at radius 2 is 1.06 bits per heavy atom. The molecule has 0 radical (unpaired) electrons. The Morgan fingerprint density at radius 3 is 1.41 bits per heavy atom. The molecule has 2 amide bonds. The van der Waals surface area contributed by atoms with Crippen molar-refractivity contribution < 1.29 is 19.1 Å². The van der Waals surface area contributed by atoms with Crippen LogP contribution in [0, 0.1) is 10.8 Å². The molecular formula is C26H38N4O4. The molecule has 2 fully saturated rings. The van der Waals surface area contributed by atoms with Gasteiger partial charge in [-0.1, -0.05) is 12.8 Å². The van der Waals surface area contributed by atoms with E-state index >= 15 is 0 Å². The second kappa shape index (κ2) is 9.92. The number of ether oxygens (including phenoxy) is 2. The van der Waals surface area contributed by atoms with Gasteiger partial charge in [-0.25, -0.2) is 0 Å². The van der Waals surface area contributed by atoms with Gasteiger partial charge < -0.3 is 20.1 Å². The highest BCUT2D eigenvalue weighted by molar-refractivity contribution is 6.20. The van der Waals surface area contributed by atoms with Crippen molar-refractivity contribution in [2.75, 3.05) is 13.1 Å². The Kier molecular flexibility index (Phi) is 7.14. The van der Waals surface area contributed by atoms with Crippen LogP contribution in [0.5, 0.6) is 0 Å². The van der Waals surface area contributed by atoms with Crippen LogP contribution < -0.4 is 10.6 Å². The summed E-state index contributed by atoms with van der Waals surface area (Å²) in [5.41, 5.74) is 1.65. The van der Waals surface area contributed by atoms with E-state index in [0.717, 1.165) is 62.5 Å². The maximum Gasteiger partial charge on any atom is 0.256 e. The van der Waals surface area contributed by atoms with Crippen molar-refractivity contribution in [3.8, 4) is 0 Å². The summed E-state index contributed by atoms with van der Waals surface area (Å²) in [7, 11) is 0. The molecule has 2 saturated carbocycles. The molecule has 4 N–H and O–H groups in total. The minimum Gasteiger partial charge on any atom is -0.466 e. The first-order valence-electron chi connectivity index (χ1n) is 12.8. The Hall–Kier alpha value is -2.64. The SMILES string of the molecule is CC1=C(C(=O)NCCCCNC(=O)C2=C(C)C3(CCCCC3)OC2=N)C(=N)OC12CCCCC2. The molecule has 2 aliphatic heterocycles. The van der Waals surface area contributed by atoms with Crippen LogP contribution in [0.1, 0.15) is 90.9 Å². The number of unbranched alkanes of at least 4 members (excludes halogenated alkanes) is 1. The van der Waals surface area contributed by atoms with Crippen LogP contribution in [0.3, 0.4) is 0 Å². The van der Waals surface area contributed by atoms with E-state index in [9.17, 15) is 9.59 Å².